The van der Waals surface area contributed by atoms with Gasteiger partial charge in [0.2, 0.25) is 0 Å². The smallest absolute Gasteiger partial charge is 0.191 e. The van der Waals surface area contributed by atoms with E-state index in [-0.39, 0.29) is 0 Å². The Morgan fingerprint density at radius 2 is 1.90 bits per heavy atom. The molecule has 0 radical (unpaired) electrons. The Hall–Kier alpha value is -1.59. The van der Waals surface area contributed by atoms with Crippen molar-refractivity contribution in [2.75, 3.05) is 46.9 Å². The van der Waals surface area contributed by atoms with Gasteiger partial charge in [0.25, 0.3) is 0 Å². The summed E-state index contributed by atoms with van der Waals surface area (Å²) in [5.41, 5.74) is 1.33. The van der Waals surface area contributed by atoms with Crippen LogP contribution in [0.2, 0.25) is 0 Å². The first-order chi connectivity index (χ1) is 10.3. The predicted molar refractivity (Wildman–Crippen MR) is 88.6 cm³/mol. The summed E-state index contributed by atoms with van der Waals surface area (Å²) in [6.45, 7) is 6.99. The molecule has 0 amide bonds. The first kappa shape index (κ1) is 17.5. The standard InChI is InChI=1S/C16H28N4O/c1-4-21-13-11-19-16(17-2)18-10-12-20(3)14-15-8-6-5-7-9-15/h5-9H,4,10-14H2,1-3H3,(H2,17,18,19). The van der Waals surface area contributed by atoms with Crippen LogP contribution in [0.4, 0.5) is 0 Å². The number of rotatable bonds is 9. The van der Waals surface area contributed by atoms with Crippen LogP contribution < -0.4 is 10.6 Å². The summed E-state index contributed by atoms with van der Waals surface area (Å²) in [5, 5.41) is 6.53. The minimum atomic E-state index is 0.700. The van der Waals surface area contributed by atoms with Gasteiger partial charge in [0.1, 0.15) is 0 Å². The number of guanidine groups is 1. The van der Waals surface area contributed by atoms with Crippen LogP contribution in [0.25, 0.3) is 0 Å². The zero-order chi connectivity index (χ0) is 15.3. The second kappa shape index (κ2) is 11.1. The molecule has 5 nitrogen and oxygen atoms in total. The largest absolute Gasteiger partial charge is 0.380 e. The number of aliphatic imine (C=N–C) groups is 1. The topological polar surface area (TPSA) is 48.9 Å². The van der Waals surface area contributed by atoms with Gasteiger partial charge >= 0.3 is 0 Å². The molecule has 5 heteroatoms. The van der Waals surface area contributed by atoms with Crippen molar-refractivity contribution < 1.29 is 4.74 Å². The average Bonchev–Trinajstić information content (AvgIpc) is 2.50. The molecule has 0 spiro atoms. The third-order valence-corrected chi connectivity index (χ3v) is 3.05. The van der Waals surface area contributed by atoms with E-state index in [0.29, 0.717) is 6.61 Å². The molecule has 0 aliphatic carbocycles. The Morgan fingerprint density at radius 3 is 2.57 bits per heavy atom. The summed E-state index contributed by atoms with van der Waals surface area (Å²) in [7, 11) is 3.91. The van der Waals surface area contributed by atoms with Gasteiger partial charge in [-0.05, 0) is 19.5 Å². The van der Waals surface area contributed by atoms with Crippen molar-refractivity contribution in [2.45, 2.75) is 13.5 Å². The van der Waals surface area contributed by atoms with Gasteiger partial charge in [0, 0.05) is 39.8 Å². The molecule has 2 N–H and O–H groups in total. The zero-order valence-electron chi connectivity index (χ0n) is 13.4. The van der Waals surface area contributed by atoms with Crippen molar-refractivity contribution in [2.24, 2.45) is 4.99 Å². The third kappa shape index (κ3) is 8.32. The van der Waals surface area contributed by atoms with Gasteiger partial charge in [0.15, 0.2) is 5.96 Å². The molecule has 1 aromatic carbocycles. The number of nitrogens with zero attached hydrogens (tertiary/aromatic N) is 2. The number of benzene rings is 1. The first-order valence-electron chi connectivity index (χ1n) is 7.51. The van der Waals surface area contributed by atoms with Crippen molar-refractivity contribution in [1.82, 2.24) is 15.5 Å². The van der Waals surface area contributed by atoms with Gasteiger partial charge < -0.3 is 20.3 Å². The minimum absolute atomic E-state index is 0.700. The van der Waals surface area contributed by atoms with E-state index in [2.05, 4.69) is 51.8 Å². The van der Waals surface area contributed by atoms with Crippen molar-refractivity contribution >= 4 is 5.96 Å². The van der Waals surface area contributed by atoms with Crippen LogP contribution in [-0.4, -0.2) is 57.8 Å². The number of likely N-dealkylation sites (N-methyl/N-ethyl adjacent to an activating group) is 1. The molecule has 0 heterocycles. The highest BCUT2D eigenvalue weighted by atomic mass is 16.5. The van der Waals surface area contributed by atoms with Crippen LogP contribution in [0.5, 0.6) is 0 Å². The Balaban J connectivity index is 2.16. The maximum absolute atomic E-state index is 5.28. The van der Waals surface area contributed by atoms with E-state index in [1.165, 1.54) is 5.56 Å². The van der Waals surface area contributed by atoms with Gasteiger partial charge in [-0.2, -0.15) is 0 Å². The SMILES string of the molecule is CCOCCNC(=NC)NCCN(C)Cc1ccccc1. The fourth-order valence-corrected chi connectivity index (χ4v) is 1.95. The second-order valence-electron chi connectivity index (χ2n) is 4.85. The Bertz CT molecular complexity index is 395. The van der Waals surface area contributed by atoms with Crippen LogP contribution in [0.3, 0.4) is 0 Å². The molecule has 0 saturated heterocycles. The lowest BCUT2D eigenvalue weighted by atomic mass is 10.2. The lowest BCUT2D eigenvalue weighted by Crippen LogP contribution is -2.42. The van der Waals surface area contributed by atoms with Crippen molar-refractivity contribution in [3.63, 3.8) is 0 Å². The maximum atomic E-state index is 5.28. The van der Waals surface area contributed by atoms with E-state index in [1.54, 1.807) is 7.05 Å². The normalized spacial score (nSPS) is 11.7. The van der Waals surface area contributed by atoms with Crippen molar-refractivity contribution in [1.29, 1.82) is 0 Å². The van der Waals surface area contributed by atoms with Crippen molar-refractivity contribution in [3.05, 3.63) is 35.9 Å². The Labute approximate surface area is 128 Å². The van der Waals surface area contributed by atoms with Gasteiger partial charge in [-0.3, -0.25) is 4.99 Å². The molecule has 0 fully saturated rings. The van der Waals surface area contributed by atoms with Gasteiger partial charge in [-0.25, -0.2) is 0 Å². The van der Waals surface area contributed by atoms with Crippen molar-refractivity contribution in [3.8, 4) is 0 Å². The average molecular weight is 292 g/mol. The number of hydrogen-bond donors (Lipinski definition) is 2. The molecular weight excluding hydrogens is 264 g/mol. The summed E-state index contributed by atoms with van der Waals surface area (Å²) < 4.78 is 5.28. The maximum Gasteiger partial charge on any atom is 0.191 e. The van der Waals surface area contributed by atoms with E-state index in [4.69, 9.17) is 4.74 Å². The fraction of sp³-hybridized carbons (Fsp3) is 0.562. The molecule has 0 bridgehead atoms. The van der Waals surface area contributed by atoms with E-state index < -0.39 is 0 Å². The highest BCUT2D eigenvalue weighted by molar-refractivity contribution is 5.79. The summed E-state index contributed by atoms with van der Waals surface area (Å²) in [6, 6.07) is 10.5. The lowest BCUT2D eigenvalue weighted by molar-refractivity contribution is 0.152. The number of ether oxygens (including phenoxy) is 1. The Morgan fingerprint density at radius 1 is 1.19 bits per heavy atom. The van der Waals surface area contributed by atoms with Crippen LogP contribution in [0.1, 0.15) is 12.5 Å². The molecule has 118 valence electrons. The molecule has 1 rings (SSSR count). The molecule has 0 atom stereocenters. The number of nitrogens with one attached hydrogen (secondary N) is 2. The summed E-state index contributed by atoms with van der Waals surface area (Å²) in [6.07, 6.45) is 0. The number of hydrogen-bond acceptors (Lipinski definition) is 3. The van der Waals surface area contributed by atoms with Gasteiger partial charge in [-0.1, -0.05) is 30.3 Å². The highest BCUT2D eigenvalue weighted by Crippen LogP contribution is 2.01. The zero-order valence-corrected chi connectivity index (χ0v) is 13.4. The molecule has 1 aromatic rings. The van der Waals surface area contributed by atoms with Crippen LogP contribution >= 0.6 is 0 Å². The lowest BCUT2D eigenvalue weighted by Gasteiger charge is -2.18. The van der Waals surface area contributed by atoms with E-state index in [0.717, 1.165) is 38.7 Å². The van der Waals surface area contributed by atoms with Crippen LogP contribution in [-0.2, 0) is 11.3 Å². The molecule has 0 aliphatic heterocycles. The summed E-state index contributed by atoms with van der Waals surface area (Å²) >= 11 is 0. The van der Waals surface area contributed by atoms with Crippen LogP contribution in [0, 0.1) is 0 Å². The molecule has 0 unspecified atom stereocenters. The van der Waals surface area contributed by atoms with Crippen LogP contribution in [0.15, 0.2) is 35.3 Å². The molecule has 0 aliphatic rings. The minimum Gasteiger partial charge on any atom is -0.380 e. The summed E-state index contributed by atoms with van der Waals surface area (Å²) in [5.74, 6) is 0.822. The second-order valence-corrected chi connectivity index (χ2v) is 4.85. The van der Waals surface area contributed by atoms with E-state index in [1.807, 2.05) is 13.0 Å². The quantitative estimate of drug-likeness (QED) is 0.409. The third-order valence-electron chi connectivity index (χ3n) is 3.05. The molecule has 21 heavy (non-hydrogen) atoms. The van der Waals surface area contributed by atoms with Gasteiger partial charge in [-0.15, -0.1) is 0 Å². The van der Waals surface area contributed by atoms with E-state index in [9.17, 15) is 0 Å². The molecular formula is C16H28N4O. The van der Waals surface area contributed by atoms with Gasteiger partial charge in [0.05, 0.1) is 6.61 Å². The molecule has 0 aromatic heterocycles. The molecule has 0 saturated carbocycles. The summed E-state index contributed by atoms with van der Waals surface area (Å²) in [4.78, 5) is 6.47. The fourth-order valence-electron chi connectivity index (χ4n) is 1.95. The van der Waals surface area contributed by atoms with E-state index >= 15 is 0 Å². The Kier molecular flexibility index (Phi) is 9.24. The highest BCUT2D eigenvalue weighted by Gasteiger charge is 2.01. The monoisotopic (exact) mass is 292 g/mol. The first-order valence-corrected chi connectivity index (χ1v) is 7.51. The predicted octanol–water partition coefficient (Wildman–Crippen LogP) is 1.32.